The molecule has 0 saturated carbocycles. The predicted octanol–water partition coefficient (Wildman–Crippen LogP) is 13.2. The highest BCUT2D eigenvalue weighted by atomic mass is 16.3. The van der Waals surface area contributed by atoms with E-state index in [4.69, 9.17) is 23.8 Å². The molecule has 0 aliphatic heterocycles. The first-order valence-corrected chi connectivity index (χ1v) is 18.0. The average molecular weight is 692 g/mol. The number of aromatic nitrogens is 3. The highest BCUT2D eigenvalue weighted by Gasteiger charge is 2.22. The van der Waals surface area contributed by atoms with Gasteiger partial charge in [0, 0.05) is 43.6 Å². The van der Waals surface area contributed by atoms with Gasteiger partial charge in [0.2, 0.25) is 0 Å². The monoisotopic (exact) mass is 691 g/mol. The van der Waals surface area contributed by atoms with Crippen LogP contribution in [0.2, 0.25) is 0 Å². The van der Waals surface area contributed by atoms with Crippen LogP contribution < -0.4 is 0 Å². The van der Waals surface area contributed by atoms with Gasteiger partial charge < -0.3 is 8.83 Å². The molecule has 0 amide bonds. The van der Waals surface area contributed by atoms with Crippen LogP contribution in [0.25, 0.3) is 111 Å². The Morgan fingerprint density at radius 2 is 0.889 bits per heavy atom. The molecule has 0 radical (unpaired) electrons. The molecule has 54 heavy (non-hydrogen) atoms. The van der Waals surface area contributed by atoms with E-state index in [2.05, 4.69) is 127 Å². The van der Waals surface area contributed by atoms with Crippen molar-refractivity contribution in [2.45, 2.75) is 0 Å². The summed E-state index contributed by atoms with van der Waals surface area (Å²) in [7, 11) is 0. The molecule has 0 aliphatic rings. The molecule has 0 spiro atoms. The van der Waals surface area contributed by atoms with Crippen molar-refractivity contribution in [1.29, 1.82) is 0 Å². The third kappa shape index (κ3) is 4.83. The Labute approximate surface area is 309 Å². The van der Waals surface area contributed by atoms with Crippen LogP contribution in [0, 0.1) is 0 Å². The summed E-state index contributed by atoms with van der Waals surface area (Å²) in [5.41, 5.74) is 10.4. The molecule has 3 aromatic heterocycles. The molecule has 11 aromatic rings. The van der Waals surface area contributed by atoms with Gasteiger partial charge in [-0.3, -0.25) is 0 Å². The highest BCUT2D eigenvalue weighted by molar-refractivity contribution is 6.19. The summed E-state index contributed by atoms with van der Waals surface area (Å²) in [6.07, 6.45) is 0. The Morgan fingerprint density at radius 3 is 1.69 bits per heavy atom. The molecule has 5 heteroatoms. The molecule has 0 unspecified atom stereocenters. The first-order chi connectivity index (χ1) is 26.8. The Kier molecular flexibility index (Phi) is 6.79. The van der Waals surface area contributed by atoms with Gasteiger partial charge in [0.25, 0.3) is 0 Å². The van der Waals surface area contributed by atoms with Crippen LogP contribution in [0.15, 0.2) is 185 Å². The molecule has 0 fully saturated rings. The van der Waals surface area contributed by atoms with E-state index >= 15 is 0 Å². The van der Waals surface area contributed by atoms with Crippen LogP contribution in [0.1, 0.15) is 0 Å². The first kappa shape index (κ1) is 30.3. The summed E-state index contributed by atoms with van der Waals surface area (Å²) in [5, 5.41) is 6.04. The molecule has 5 nitrogen and oxygen atoms in total. The van der Waals surface area contributed by atoms with Crippen LogP contribution >= 0.6 is 0 Å². The van der Waals surface area contributed by atoms with Crippen molar-refractivity contribution in [3.63, 3.8) is 0 Å². The SMILES string of the molecule is c1ccc(-c2ccc3c(c2)oc2c4ccccc4c(-c4nc(-c5ccccc5-c5ccccc5)nc(-c5cccc6oc7ccccc7c56)n4)cc32)cc1. The van der Waals surface area contributed by atoms with E-state index in [-0.39, 0.29) is 0 Å². The van der Waals surface area contributed by atoms with Gasteiger partial charge in [-0.05, 0) is 58.0 Å². The van der Waals surface area contributed by atoms with Crippen molar-refractivity contribution in [3.05, 3.63) is 176 Å². The molecular formula is C49H29N3O2. The zero-order valence-corrected chi connectivity index (χ0v) is 28.9. The maximum Gasteiger partial charge on any atom is 0.164 e. The molecule has 0 atom stereocenters. The third-order valence-electron chi connectivity index (χ3n) is 10.4. The van der Waals surface area contributed by atoms with Crippen molar-refractivity contribution in [2.75, 3.05) is 0 Å². The summed E-state index contributed by atoms with van der Waals surface area (Å²) in [6.45, 7) is 0. The second kappa shape index (κ2) is 12.1. The van der Waals surface area contributed by atoms with E-state index in [0.29, 0.717) is 17.5 Å². The Balaban J connectivity index is 1.20. The zero-order chi connectivity index (χ0) is 35.6. The normalized spacial score (nSPS) is 11.7. The van der Waals surface area contributed by atoms with Gasteiger partial charge in [-0.2, -0.15) is 0 Å². The van der Waals surface area contributed by atoms with Gasteiger partial charge in [0.15, 0.2) is 17.5 Å². The number of fused-ring (bicyclic) bond motifs is 8. The van der Waals surface area contributed by atoms with Gasteiger partial charge in [0.1, 0.15) is 22.3 Å². The topological polar surface area (TPSA) is 65.0 Å². The molecular weight excluding hydrogens is 663 g/mol. The minimum atomic E-state index is 0.573. The summed E-state index contributed by atoms with van der Waals surface area (Å²) in [5.74, 6) is 1.74. The number of rotatable bonds is 5. The maximum absolute atomic E-state index is 6.69. The summed E-state index contributed by atoms with van der Waals surface area (Å²) in [4.78, 5) is 15.9. The zero-order valence-electron chi connectivity index (χ0n) is 28.9. The quantitative estimate of drug-likeness (QED) is 0.180. The van der Waals surface area contributed by atoms with Crippen LogP contribution in [0.3, 0.4) is 0 Å². The molecule has 3 heterocycles. The lowest BCUT2D eigenvalue weighted by Gasteiger charge is -2.13. The third-order valence-corrected chi connectivity index (χ3v) is 10.4. The first-order valence-electron chi connectivity index (χ1n) is 18.0. The number of benzene rings is 8. The van der Waals surface area contributed by atoms with Crippen molar-refractivity contribution in [1.82, 2.24) is 15.0 Å². The lowest BCUT2D eigenvalue weighted by Crippen LogP contribution is -2.02. The van der Waals surface area contributed by atoms with Crippen molar-refractivity contribution < 1.29 is 8.83 Å². The van der Waals surface area contributed by atoms with Gasteiger partial charge in [-0.1, -0.05) is 146 Å². The standard InChI is InChI=1S/C49H29N3O2/c1-3-14-30(15-4-1)32-26-27-35-40-29-41(34-19-8-9-20-36(34)46(40)54-44(35)28-32)49-51-47(37-21-10-7-18-33(37)31-16-5-2-6-17-31)50-48(52-49)39-23-13-25-43-45(39)38-22-11-12-24-42(38)53-43/h1-29H. The van der Waals surface area contributed by atoms with Gasteiger partial charge in [0.05, 0.1) is 0 Å². The van der Waals surface area contributed by atoms with Crippen LogP contribution in [0.4, 0.5) is 0 Å². The van der Waals surface area contributed by atoms with E-state index in [1.807, 2.05) is 48.5 Å². The van der Waals surface area contributed by atoms with E-state index in [1.165, 1.54) is 0 Å². The van der Waals surface area contributed by atoms with E-state index in [9.17, 15) is 0 Å². The maximum atomic E-state index is 6.69. The van der Waals surface area contributed by atoms with E-state index < -0.39 is 0 Å². The number of nitrogens with zero attached hydrogens (tertiary/aromatic N) is 3. The van der Waals surface area contributed by atoms with Crippen LogP contribution in [-0.2, 0) is 0 Å². The predicted molar refractivity (Wildman–Crippen MR) is 219 cm³/mol. The van der Waals surface area contributed by atoms with Gasteiger partial charge in [-0.15, -0.1) is 0 Å². The van der Waals surface area contributed by atoms with E-state index in [1.54, 1.807) is 0 Å². The number of para-hydroxylation sites is 1. The molecule has 0 aliphatic carbocycles. The van der Waals surface area contributed by atoms with Crippen molar-refractivity contribution in [3.8, 4) is 56.4 Å². The second-order valence-corrected chi connectivity index (χ2v) is 13.5. The molecule has 0 N–H and O–H groups in total. The fourth-order valence-corrected chi connectivity index (χ4v) is 7.84. The van der Waals surface area contributed by atoms with Gasteiger partial charge >= 0.3 is 0 Å². The summed E-state index contributed by atoms with van der Waals surface area (Å²) >= 11 is 0. The second-order valence-electron chi connectivity index (χ2n) is 13.5. The Morgan fingerprint density at radius 1 is 0.296 bits per heavy atom. The minimum Gasteiger partial charge on any atom is -0.456 e. The average Bonchev–Trinajstić information content (AvgIpc) is 3.82. The fraction of sp³-hybridized carbons (Fsp3) is 0. The molecule has 0 bridgehead atoms. The molecule has 11 rings (SSSR count). The molecule has 8 aromatic carbocycles. The summed E-state index contributed by atoms with van der Waals surface area (Å²) in [6, 6.07) is 60.3. The van der Waals surface area contributed by atoms with Crippen LogP contribution in [0.5, 0.6) is 0 Å². The Bertz CT molecular complexity index is 3220. The van der Waals surface area contributed by atoms with Gasteiger partial charge in [-0.25, -0.2) is 15.0 Å². The lowest BCUT2D eigenvalue weighted by atomic mass is 9.97. The fourth-order valence-electron chi connectivity index (χ4n) is 7.84. The largest absolute Gasteiger partial charge is 0.456 e. The Hall–Kier alpha value is -7.37. The van der Waals surface area contributed by atoms with Crippen molar-refractivity contribution >= 4 is 54.6 Å². The van der Waals surface area contributed by atoms with E-state index in [0.717, 1.165) is 93.6 Å². The number of hydrogen-bond donors (Lipinski definition) is 0. The lowest BCUT2D eigenvalue weighted by molar-refractivity contribution is 0.669. The number of hydrogen-bond acceptors (Lipinski definition) is 5. The van der Waals surface area contributed by atoms with Crippen LogP contribution in [-0.4, -0.2) is 15.0 Å². The minimum absolute atomic E-state index is 0.573. The number of furan rings is 2. The molecule has 252 valence electrons. The van der Waals surface area contributed by atoms with Crippen molar-refractivity contribution in [2.24, 2.45) is 0 Å². The smallest absolute Gasteiger partial charge is 0.164 e. The molecule has 0 saturated heterocycles. The highest BCUT2D eigenvalue weighted by Crippen LogP contribution is 2.42. The summed E-state index contributed by atoms with van der Waals surface area (Å²) < 4.78 is 13.0.